The van der Waals surface area contributed by atoms with Gasteiger partial charge in [0.1, 0.15) is 5.69 Å². The number of morpholine rings is 1. The second-order valence-corrected chi connectivity index (χ2v) is 6.19. The molecule has 0 spiro atoms. The summed E-state index contributed by atoms with van der Waals surface area (Å²) in [6.07, 6.45) is 0. The minimum Gasteiger partial charge on any atom is -0.392 e. The van der Waals surface area contributed by atoms with Crippen LogP contribution in [0, 0.1) is 10.1 Å². The molecule has 1 aliphatic heterocycles. The Balaban J connectivity index is 2.23. The molecule has 1 amide bonds. The number of carbonyl (C=O) groups is 1. The number of nitrogen functional groups attached to an aromatic ring is 1. The number of anilines is 2. The van der Waals surface area contributed by atoms with Crippen LogP contribution in [-0.4, -0.2) is 55.1 Å². The Labute approximate surface area is 142 Å². The lowest BCUT2D eigenvalue weighted by molar-refractivity contribution is -0.383. The van der Waals surface area contributed by atoms with E-state index in [1.807, 2.05) is 11.8 Å². The standard InChI is InChI=1S/C14H19BrN4O4/c1-9(18-3-5-23-6-4-18)14(20)17(2)10-7-11(15)13(16)12(8-10)19(21)22/h7-9H,3-6,16H2,1-2H3. The lowest BCUT2D eigenvalue weighted by Crippen LogP contribution is -2.50. The molecule has 1 heterocycles. The molecular formula is C14H19BrN4O4. The Bertz CT molecular complexity index is 619. The van der Waals surface area contributed by atoms with Crippen molar-refractivity contribution in [1.82, 2.24) is 4.90 Å². The predicted molar refractivity (Wildman–Crippen MR) is 90.5 cm³/mol. The summed E-state index contributed by atoms with van der Waals surface area (Å²) < 4.78 is 5.67. The molecule has 1 aliphatic rings. The first-order valence-corrected chi connectivity index (χ1v) is 7.95. The highest BCUT2D eigenvalue weighted by atomic mass is 79.9. The van der Waals surface area contributed by atoms with Gasteiger partial charge < -0.3 is 15.4 Å². The van der Waals surface area contributed by atoms with Gasteiger partial charge in [-0.2, -0.15) is 0 Å². The molecule has 1 aromatic carbocycles. The highest BCUT2D eigenvalue weighted by Crippen LogP contribution is 2.34. The maximum absolute atomic E-state index is 12.6. The Hall–Kier alpha value is -1.71. The van der Waals surface area contributed by atoms with Crippen molar-refractivity contribution in [2.24, 2.45) is 0 Å². The molecule has 1 atom stereocenters. The van der Waals surface area contributed by atoms with Crippen LogP contribution in [0.1, 0.15) is 6.92 Å². The zero-order valence-electron chi connectivity index (χ0n) is 13.0. The summed E-state index contributed by atoms with van der Waals surface area (Å²) in [5.74, 6) is -0.141. The average molecular weight is 387 g/mol. The molecule has 0 aliphatic carbocycles. The van der Waals surface area contributed by atoms with Crippen LogP contribution >= 0.6 is 15.9 Å². The minimum atomic E-state index is -0.562. The zero-order valence-corrected chi connectivity index (χ0v) is 14.6. The van der Waals surface area contributed by atoms with Gasteiger partial charge in [-0.1, -0.05) is 0 Å². The number of nitro benzene ring substituents is 1. The summed E-state index contributed by atoms with van der Waals surface area (Å²) in [5, 5.41) is 11.1. The predicted octanol–water partition coefficient (Wildman–Crippen LogP) is 1.62. The summed E-state index contributed by atoms with van der Waals surface area (Å²) in [4.78, 5) is 26.6. The Morgan fingerprint density at radius 2 is 2.09 bits per heavy atom. The third kappa shape index (κ3) is 3.80. The number of rotatable bonds is 4. The van der Waals surface area contributed by atoms with Crippen LogP contribution < -0.4 is 10.6 Å². The first-order chi connectivity index (χ1) is 10.8. The highest BCUT2D eigenvalue weighted by molar-refractivity contribution is 9.10. The van der Waals surface area contributed by atoms with E-state index in [-0.39, 0.29) is 23.3 Å². The van der Waals surface area contributed by atoms with Crippen LogP contribution in [-0.2, 0) is 9.53 Å². The number of nitrogens with zero attached hydrogens (tertiary/aromatic N) is 3. The maximum atomic E-state index is 12.6. The van der Waals surface area contributed by atoms with Gasteiger partial charge in [-0.15, -0.1) is 0 Å². The van der Waals surface area contributed by atoms with Crippen molar-refractivity contribution in [2.75, 3.05) is 44.0 Å². The molecule has 0 radical (unpaired) electrons. The highest BCUT2D eigenvalue weighted by Gasteiger charge is 2.27. The van der Waals surface area contributed by atoms with Crippen molar-refractivity contribution < 1.29 is 14.5 Å². The topological polar surface area (TPSA) is 102 Å². The van der Waals surface area contributed by atoms with Crippen LogP contribution in [0.2, 0.25) is 0 Å². The number of likely N-dealkylation sites (N-methyl/N-ethyl adjacent to an activating group) is 1. The largest absolute Gasteiger partial charge is 0.392 e. The molecule has 1 saturated heterocycles. The summed E-state index contributed by atoms with van der Waals surface area (Å²) in [5.41, 5.74) is 5.92. The number of benzene rings is 1. The Morgan fingerprint density at radius 3 is 2.65 bits per heavy atom. The lowest BCUT2D eigenvalue weighted by atomic mass is 10.2. The van der Waals surface area contributed by atoms with Crippen LogP contribution in [0.4, 0.5) is 17.1 Å². The van der Waals surface area contributed by atoms with Crippen LogP contribution in [0.3, 0.4) is 0 Å². The summed E-state index contributed by atoms with van der Waals surface area (Å²) in [6, 6.07) is 2.58. The fourth-order valence-corrected chi connectivity index (χ4v) is 2.90. The number of hydrogen-bond acceptors (Lipinski definition) is 6. The second kappa shape index (κ2) is 7.24. The molecule has 1 fully saturated rings. The monoisotopic (exact) mass is 386 g/mol. The number of nitrogens with two attached hydrogens (primary N) is 1. The van der Waals surface area contributed by atoms with Gasteiger partial charge in [0.15, 0.2) is 0 Å². The molecule has 9 heteroatoms. The smallest absolute Gasteiger partial charge is 0.295 e. The number of carbonyl (C=O) groups excluding carboxylic acids is 1. The van der Waals surface area contributed by atoms with Crippen molar-refractivity contribution >= 4 is 38.9 Å². The molecule has 23 heavy (non-hydrogen) atoms. The van der Waals surface area contributed by atoms with Crippen molar-refractivity contribution in [1.29, 1.82) is 0 Å². The fourth-order valence-electron chi connectivity index (χ4n) is 2.46. The summed E-state index contributed by atoms with van der Waals surface area (Å²) in [7, 11) is 1.60. The minimum absolute atomic E-state index is 0.0424. The van der Waals surface area contributed by atoms with E-state index in [1.165, 1.54) is 11.0 Å². The molecule has 0 aromatic heterocycles. The molecule has 0 bridgehead atoms. The van der Waals surface area contributed by atoms with Crippen molar-refractivity contribution in [3.8, 4) is 0 Å². The van der Waals surface area contributed by atoms with Gasteiger partial charge in [0.25, 0.3) is 5.69 Å². The number of halogens is 1. The molecule has 0 saturated carbocycles. The first-order valence-electron chi connectivity index (χ1n) is 7.15. The Morgan fingerprint density at radius 1 is 1.48 bits per heavy atom. The molecular weight excluding hydrogens is 368 g/mol. The second-order valence-electron chi connectivity index (χ2n) is 5.34. The lowest BCUT2D eigenvalue weighted by Gasteiger charge is -2.33. The van der Waals surface area contributed by atoms with Crippen molar-refractivity contribution in [3.63, 3.8) is 0 Å². The third-order valence-electron chi connectivity index (χ3n) is 3.96. The number of ether oxygens (including phenoxy) is 1. The molecule has 126 valence electrons. The normalized spacial score (nSPS) is 16.8. The van der Waals surface area contributed by atoms with Crippen molar-refractivity contribution in [2.45, 2.75) is 13.0 Å². The van der Waals surface area contributed by atoms with Gasteiger partial charge in [-0.3, -0.25) is 19.8 Å². The van der Waals surface area contributed by atoms with E-state index in [9.17, 15) is 14.9 Å². The quantitative estimate of drug-likeness (QED) is 0.479. The van der Waals surface area contributed by atoms with E-state index in [0.29, 0.717) is 36.5 Å². The molecule has 2 rings (SSSR count). The Kier molecular flexibility index (Phi) is 5.55. The fraction of sp³-hybridized carbons (Fsp3) is 0.500. The van der Waals surface area contributed by atoms with Gasteiger partial charge in [-0.05, 0) is 28.9 Å². The zero-order chi connectivity index (χ0) is 17.1. The molecule has 1 unspecified atom stereocenters. The summed E-state index contributed by atoms with van der Waals surface area (Å²) in [6.45, 7) is 4.39. The van der Waals surface area contributed by atoms with Gasteiger partial charge in [0.2, 0.25) is 5.91 Å². The van der Waals surface area contributed by atoms with Gasteiger partial charge in [0, 0.05) is 30.7 Å². The first kappa shape index (κ1) is 17.6. The third-order valence-corrected chi connectivity index (χ3v) is 4.61. The molecule has 8 nitrogen and oxygen atoms in total. The van der Waals surface area contributed by atoms with Gasteiger partial charge in [-0.25, -0.2) is 0 Å². The molecule has 2 N–H and O–H groups in total. The number of amides is 1. The van der Waals surface area contributed by atoms with E-state index < -0.39 is 4.92 Å². The SMILES string of the molecule is CC(C(=O)N(C)c1cc(Br)c(N)c([N+](=O)[O-])c1)N1CCOCC1. The van der Waals surface area contributed by atoms with Gasteiger partial charge >= 0.3 is 0 Å². The molecule has 1 aromatic rings. The van der Waals surface area contributed by atoms with Crippen molar-refractivity contribution in [3.05, 3.63) is 26.7 Å². The van der Waals surface area contributed by atoms with E-state index in [0.717, 1.165) is 0 Å². The van der Waals surface area contributed by atoms with Gasteiger partial charge in [0.05, 0.1) is 29.9 Å². The van der Waals surface area contributed by atoms with E-state index in [2.05, 4.69) is 15.9 Å². The van der Waals surface area contributed by atoms with Crippen LogP contribution in [0.5, 0.6) is 0 Å². The van der Waals surface area contributed by atoms with Crippen LogP contribution in [0.25, 0.3) is 0 Å². The van der Waals surface area contributed by atoms with Crippen LogP contribution in [0.15, 0.2) is 16.6 Å². The average Bonchev–Trinajstić information content (AvgIpc) is 2.55. The maximum Gasteiger partial charge on any atom is 0.295 e. The van der Waals surface area contributed by atoms with E-state index >= 15 is 0 Å². The van der Waals surface area contributed by atoms with E-state index in [4.69, 9.17) is 10.5 Å². The number of nitro groups is 1. The van der Waals surface area contributed by atoms with E-state index in [1.54, 1.807) is 13.1 Å². The summed E-state index contributed by atoms with van der Waals surface area (Å²) >= 11 is 3.20. The number of hydrogen-bond donors (Lipinski definition) is 1.